The maximum atomic E-state index is 8.72. The Labute approximate surface area is 75.6 Å². The van der Waals surface area contributed by atoms with Crippen molar-refractivity contribution in [3.63, 3.8) is 0 Å². The van der Waals surface area contributed by atoms with Crippen molar-refractivity contribution in [3.8, 4) is 0 Å². The number of hydrogen-bond donors (Lipinski definition) is 2. The molecule has 0 radical (unpaired) electrons. The molecule has 74 valence electrons. The van der Waals surface area contributed by atoms with Crippen LogP contribution in [0.15, 0.2) is 0 Å². The van der Waals surface area contributed by atoms with E-state index in [2.05, 4.69) is 18.7 Å². The Morgan fingerprint density at radius 1 is 1.42 bits per heavy atom. The molecular formula is C9H22N2O. The Balaban J connectivity index is 3.51. The summed E-state index contributed by atoms with van der Waals surface area (Å²) >= 11 is 0. The second-order valence-electron chi connectivity index (χ2n) is 3.68. The van der Waals surface area contributed by atoms with E-state index in [1.165, 1.54) is 6.42 Å². The Kier molecular flexibility index (Phi) is 6.34. The molecule has 0 bridgehead atoms. The summed E-state index contributed by atoms with van der Waals surface area (Å²) in [4.78, 5) is 2.18. The number of rotatable bonds is 6. The third-order valence-corrected chi connectivity index (χ3v) is 2.10. The third-order valence-electron chi connectivity index (χ3n) is 2.10. The lowest BCUT2D eigenvalue weighted by Gasteiger charge is -2.22. The van der Waals surface area contributed by atoms with Gasteiger partial charge < -0.3 is 15.7 Å². The first-order chi connectivity index (χ1) is 5.60. The third kappa shape index (κ3) is 5.52. The second kappa shape index (κ2) is 6.40. The summed E-state index contributed by atoms with van der Waals surface area (Å²) in [5, 5.41) is 8.72. The van der Waals surface area contributed by atoms with E-state index in [1.807, 2.05) is 7.05 Å². The van der Waals surface area contributed by atoms with Crippen LogP contribution in [-0.4, -0.2) is 42.8 Å². The van der Waals surface area contributed by atoms with Crippen molar-refractivity contribution in [1.82, 2.24) is 4.90 Å². The molecule has 0 aromatic carbocycles. The molecule has 12 heavy (non-hydrogen) atoms. The molecule has 0 fully saturated rings. The van der Waals surface area contributed by atoms with E-state index >= 15 is 0 Å². The Morgan fingerprint density at radius 3 is 2.42 bits per heavy atom. The SMILES string of the molecule is CCC(C)CN(C)CC(N)CO. The molecule has 0 aliphatic rings. The zero-order chi connectivity index (χ0) is 9.56. The van der Waals surface area contributed by atoms with Gasteiger partial charge in [0.15, 0.2) is 0 Å². The number of aliphatic hydroxyl groups is 1. The van der Waals surface area contributed by atoms with Crippen LogP contribution in [0.5, 0.6) is 0 Å². The van der Waals surface area contributed by atoms with Gasteiger partial charge in [0.2, 0.25) is 0 Å². The maximum Gasteiger partial charge on any atom is 0.0595 e. The molecule has 0 aromatic rings. The Hall–Kier alpha value is -0.120. The zero-order valence-electron chi connectivity index (χ0n) is 8.45. The first-order valence-electron chi connectivity index (χ1n) is 4.65. The van der Waals surface area contributed by atoms with Crippen molar-refractivity contribution in [2.45, 2.75) is 26.3 Å². The summed E-state index contributed by atoms with van der Waals surface area (Å²) in [5.74, 6) is 0.709. The van der Waals surface area contributed by atoms with Gasteiger partial charge in [0.25, 0.3) is 0 Å². The van der Waals surface area contributed by atoms with Gasteiger partial charge in [0, 0.05) is 19.1 Å². The van der Waals surface area contributed by atoms with Crippen molar-refractivity contribution >= 4 is 0 Å². The molecule has 3 nitrogen and oxygen atoms in total. The van der Waals surface area contributed by atoms with Gasteiger partial charge in [0.1, 0.15) is 0 Å². The minimum Gasteiger partial charge on any atom is -0.395 e. The average molecular weight is 174 g/mol. The van der Waals surface area contributed by atoms with Crippen LogP contribution in [0.1, 0.15) is 20.3 Å². The van der Waals surface area contributed by atoms with E-state index in [1.54, 1.807) is 0 Å². The van der Waals surface area contributed by atoms with Crippen LogP contribution < -0.4 is 5.73 Å². The summed E-state index contributed by atoms with van der Waals surface area (Å²) < 4.78 is 0. The van der Waals surface area contributed by atoms with Gasteiger partial charge in [-0.25, -0.2) is 0 Å². The van der Waals surface area contributed by atoms with Crippen molar-refractivity contribution in [1.29, 1.82) is 0 Å². The molecular weight excluding hydrogens is 152 g/mol. The summed E-state index contributed by atoms with van der Waals surface area (Å²) in [6.45, 7) is 6.32. The fraction of sp³-hybridized carbons (Fsp3) is 1.00. The molecule has 0 amide bonds. The molecule has 0 aliphatic carbocycles. The lowest BCUT2D eigenvalue weighted by molar-refractivity contribution is 0.208. The first kappa shape index (κ1) is 11.9. The average Bonchev–Trinajstić information content (AvgIpc) is 2.03. The van der Waals surface area contributed by atoms with Crippen LogP contribution in [0.4, 0.5) is 0 Å². The van der Waals surface area contributed by atoms with Crippen molar-refractivity contribution in [2.24, 2.45) is 11.7 Å². The van der Waals surface area contributed by atoms with Crippen molar-refractivity contribution < 1.29 is 5.11 Å². The molecule has 3 heteroatoms. The number of likely N-dealkylation sites (N-methyl/N-ethyl adjacent to an activating group) is 1. The van der Waals surface area contributed by atoms with Gasteiger partial charge in [-0.15, -0.1) is 0 Å². The van der Waals surface area contributed by atoms with Gasteiger partial charge in [-0.1, -0.05) is 20.3 Å². The molecule has 0 saturated heterocycles. The molecule has 3 N–H and O–H groups in total. The molecule has 2 unspecified atom stereocenters. The lowest BCUT2D eigenvalue weighted by atomic mass is 10.1. The van der Waals surface area contributed by atoms with Gasteiger partial charge in [0.05, 0.1) is 6.61 Å². The summed E-state index contributed by atoms with van der Waals surface area (Å²) in [7, 11) is 2.04. The summed E-state index contributed by atoms with van der Waals surface area (Å²) in [6.07, 6.45) is 1.19. The highest BCUT2D eigenvalue weighted by atomic mass is 16.3. The quantitative estimate of drug-likeness (QED) is 0.608. The second-order valence-corrected chi connectivity index (χ2v) is 3.68. The minimum absolute atomic E-state index is 0.0743. The molecule has 2 atom stereocenters. The summed E-state index contributed by atoms with van der Waals surface area (Å²) in [6, 6.07) is -0.0981. The van der Waals surface area contributed by atoms with Crippen LogP contribution in [0.3, 0.4) is 0 Å². The van der Waals surface area contributed by atoms with E-state index in [0.29, 0.717) is 5.92 Å². The molecule has 0 heterocycles. The van der Waals surface area contributed by atoms with E-state index in [0.717, 1.165) is 13.1 Å². The molecule has 0 rings (SSSR count). The number of nitrogens with two attached hydrogens (primary N) is 1. The fourth-order valence-electron chi connectivity index (χ4n) is 1.19. The van der Waals surface area contributed by atoms with Gasteiger partial charge >= 0.3 is 0 Å². The molecule has 0 aliphatic heterocycles. The first-order valence-corrected chi connectivity index (χ1v) is 4.65. The molecule has 0 spiro atoms. The number of nitrogens with zero attached hydrogens (tertiary/aromatic N) is 1. The standard InChI is InChI=1S/C9H22N2O/c1-4-8(2)5-11(3)6-9(10)7-12/h8-9,12H,4-7,10H2,1-3H3. The highest BCUT2D eigenvalue weighted by Gasteiger charge is 2.07. The van der Waals surface area contributed by atoms with Crippen molar-refractivity contribution in [2.75, 3.05) is 26.7 Å². The summed E-state index contributed by atoms with van der Waals surface area (Å²) in [5.41, 5.74) is 5.60. The van der Waals surface area contributed by atoms with Crippen LogP contribution in [-0.2, 0) is 0 Å². The normalized spacial score (nSPS) is 16.5. The predicted molar refractivity (Wildman–Crippen MR) is 52.0 cm³/mol. The van der Waals surface area contributed by atoms with E-state index in [4.69, 9.17) is 10.8 Å². The van der Waals surface area contributed by atoms with E-state index in [-0.39, 0.29) is 12.6 Å². The fourth-order valence-corrected chi connectivity index (χ4v) is 1.19. The minimum atomic E-state index is -0.0981. The molecule has 0 aromatic heterocycles. The monoisotopic (exact) mass is 174 g/mol. The number of aliphatic hydroxyl groups excluding tert-OH is 1. The predicted octanol–water partition coefficient (Wildman–Crippen LogP) is 0.284. The van der Waals surface area contributed by atoms with Gasteiger partial charge in [-0.05, 0) is 13.0 Å². The van der Waals surface area contributed by atoms with Crippen LogP contribution in [0.25, 0.3) is 0 Å². The van der Waals surface area contributed by atoms with Crippen molar-refractivity contribution in [3.05, 3.63) is 0 Å². The Morgan fingerprint density at radius 2 is 2.00 bits per heavy atom. The molecule has 0 saturated carbocycles. The largest absolute Gasteiger partial charge is 0.395 e. The van der Waals surface area contributed by atoms with Crippen LogP contribution >= 0.6 is 0 Å². The highest BCUT2D eigenvalue weighted by molar-refractivity contribution is 4.65. The number of hydrogen-bond acceptors (Lipinski definition) is 3. The zero-order valence-corrected chi connectivity index (χ0v) is 8.45. The van der Waals surface area contributed by atoms with Crippen LogP contribution in [0.2, 0.25) is 0 Å². The highest BCUT2D eigenvalue weighted by Crippen LogP contribution is 2.02. The maximum absolute atomic E-state index is 8.72. The van der Waals surface area contributed by atoms with Gasteiger partial charge in [-0.3, -0.25) is 0 Å². The van der Waals surface area contributed by atoms with Gasteiger partial charge in [-0.2, -0.15) is 0 Å². The topological polar surface area (TPSA) is 49.5 Å². The van der Waals surface area contributed by atoms with Crippen LogP contribution in [0, 0.1) is 5.92 Å². The smallest absolute Gasteiger partial charge is 0.0595 e. The lowest BCUT2D eigenvalue weighted by Crippen LogP contribution is -2.39. The van der Waals surface area contributed by atoms with E-state index in [9.17, 15) is 0 Å². The Bertz CT molecular complexity index is 96.7. The van der Waals surface area contributed by atoms with E-state index < -0.39 is 0 Å².